The van der Waals surface area contributed by atoms with Gasteiger partial charge in [0.25, 0.3) is 0 Å². The first-order chi connectivity index (χ1) is 10.8. The lowest BCUT2D eigenvalue weighted by Crippen LogP contribution is -2.33. The second kappa shape index (κ2) is 8.20. The maximum absolute atomic E-state index is 6.24. The summed E-state index contributed by atoms with van der Waals surface area (Å²) in [5.74, 6) is 1.51. The molecule has 3 N–H and O–H groups in total. The first-order valence-electron chi connectivity index (χ1n) is 7.68. The van der Waals surface area contributed by atoms with Crippen molar-refractivity contribution in [2.75, 3.05) is 13.3 Å². The van der Waals surface area contributed by atoms with Crippen LogP contribution in [0, 0.1) is 20.8 Å². The van der Waals surface area contributed by atoms with E-state index in [2.05, 4.69) is 57.0 Å². The van der Waals surface area contributed by atoms with Crippen LogP contribution in [0.4, 0.5) is 0 Å². The molecule has 0 amide bonds. The molecule has 1 aromatic carbocycles. The molecular formula is C17H29N3OS2. The summed E-state index contributed by atoms with van der Waals surface area (Å²) >= 11 is 5.06. The van der Waals surface area contributed by atoms with Crippen LogP contribution in [-0.4, -0.2) is 24.9 Å². The molecule has 0 atom stereocenters. The summed E-state index contributed by atoms with van der Waals surface area (Å²) in [4.78, 5) is 5.15. The minimum absolute atomic E-state index is 0.0805. The Bertz CT molecular complexity index is 598. The van der Waals surface area contributed by atoms with Crippen molar-refractivity contribution in [1.29, 1.82) is 0 Å². The van der Waals surface area contributed by atoms with E-state index in [1.165, 1.54) is 39.1 Å². The highest BCUT2D eigenvalue weighted by molar-refractivity contribution is 7.98. The predicted molar refractivity (Wildman–Crippen MR) is 105 cm³/mol. The summed E-state index contributed by atoms with van der Waals surface area (Å²) in [5, 5.41) is 0. The molecule has 0 aromatic heterocycles. The molecule has 0 bridgehead atoms. The topological polar surface area (TPSA) is 59.6 Å². The highest BCUT2D eigenvalue weighted by Crippen LogP contribution is 2.42. The standard InChI is InChI=1S/C16H25N3OS.CH4S/c1-9-10(2)14(21-19-15(17)18-6)11(3)12-7-8-16(4,5)20-13(9)12;1-2/h7-8H2,1-6H3,(H3,17,18,19);2H,1H3. The third-order valence-corrected chi connectivity index (χ3v) is 5.29. The number of aliphatic imine (C=N–C) groups is 1. The van der Waals surface area contributed by atoms with Gasteiger partial charge in [0.2, 0.25) is 0 Å². The number of nitrogens with one attached hydrogen (secondary N) is 1. The summed E-state index contributed by atoms with van der Waals surface area (Å²) in [6.07, 6.45) is 3.79. The maximum atomic E-state index is 6.24. The Labute approximate surface area is 150 Å². The summed E-state index contributed by atoms with van der Waals surface area (Å²) in [6.45, 7) is 10.7. The van der Waals surface area contributed by atoms with E-state index in [0.29, 0.717) is 5.96 Å². The first-order valence-corrected chi connectivity index (χ1v) is 9.39. The van der Waals surface area contributed by atoms with Crippen LogP contribution in [0.5, 0.6) is 5.75 Å². The largest absolute Gasteiger partial charge is 0.487 e. The molecule has 0 unspecified atom stereocenters. The molecule has 1 aliphatic heterocycles. The fourth-order valence-corrected chi connectivity index (χ4v) is 3.53. The molecule has 1 heterocycles. The number of thiol groups is 1. The highest BCUT2D eigenvalue weighted by Gasteiger charge is 2.30. The van der Waals surface area contributed by atoms with Crippen molar-refractivity contribution in [2.24, 2.45) is 10.7 Å². The molecule has 130 valence electrons. The maximum Gasteiger partial charge on any atom is 0.198 e. The molecule has 0 spiro atoms. The molecule has 0 fully saturated rings. The Kier molecular flexibility index (Phi) is 7.14. The van der Waals surface area contributed by atoms with Gasteiger partial charge in [0, 0.05) is 11.9 Å². The van der Waals surface area contributed by atoms with Crippen molar-refractivity contribution in [3.8, 4) is 5.75 Å². The van der Waals surface area contributed by atoms with Crippen molar-refractivity contribution in [3.63, 3.8) is 0 Å². The van der Waals surface area contributed by atoms with Gasteiger partial charge in [-0.1, -0.05) is 0 Å². The molecule has 0 saturated heterocycles. The van der Waals surface area contributed by atoms with Crippen LogP contribution < -0.4 is 15.2 Å². The number of guanidine groups is 1. The third-order valence-electron chi connectivity index (χ3n) is 4.17. The lowest BCUT2D eigenvalue weighted by atomic mass is 9.88. The van der Waals surface area contributed by atoms with E-state index in [4.69, 9.17) is 10.5 Å². The van der Waals surface area contributed by atoms with Crippen LogP contribution in [0.25, 0.3) is 0 Å². The number of rotatable bonds is 2. The van der Waals surface area contributed by atoms with Crippen molar-refractivity contribution in [3.05, 3.63) is 22.3 Å². The predicted octanol–water partition coefficient (Wildman–Crippen LogP) is 3.80. The summed E-state index contributed by atoms with van der Waals surface area (Å²) in [7, 11) is 1.68. The van der Waals surface area contributed by atoms with E-state index >= 15 is 0 Å². The Balaban J connectivity index is 0.00000127. The van der Waals surface area contributed by atoms with Gasteiger partial charge < -0.3 is 10.5 Å². The molecule has 2 rings (SSSR count). The SMILES string of the molecule is CN=C(N)NSc1c(C)c(C)c2c(c1C)CCC(C)(C)O2.CS. The minimum Gasteiger partial charge on any atom is -0.487 e. The van der Waals surface area contributed by atoms with Crippen molar-refractivity contribution >= 4 is 30.5 Å². The highest BCUT2D eigenvalue weighted by atomic mass is 32.2. The molecule has 1 aliphatic rings. The normalized spacial score (nSPS) is 15.9. The van der Waals surface area contributed by atoms with Crippen LogP contribution in [-0.2, 0) is 6.42 Å². The lowest BCUT2D eigenvalue weighted by Gasteiger charge is -2.35. The Morgan fingerprint density at radius 1 is 1.22 bits per heavy atom. The molecule has 4 nitrogen and oxygen atoms in total. The Hall–Kier alpha value is -1.01. The van der Waals surface area contributed by atoms with Gasteiger partial charge in [-0.2, -0.15) is 12.6 Å². The zero-order valence-electron chi connectivity index (χ0n) is 15.2. The molecular weight excluding hydrogens is 326 g/mol. The van der Waals surface area contributed by atoms with E-state index in [1.54, 1.807) is 13.3 Å². The zero-order valence-corrected chi connectivity index (χ0v) is 16.9. The van der Waals surface area contributed by atoms with E-state index in [1.807, 2.05) is 0 Å². The number of ether oxygens (including phenoxy) is 1. The van der Waals surface area contributed by atoms with Crippen LogP contribution in [0.1, 0.15) is 42.5 Å². The van der Waals surface area contributed by atoms with Crippen molar-refractivity contribution in [1.82, 2.24) is 4.72 Å². The van der Waals surface area contributed by atoms with Crippen LogP contribution in [0.2, 0.25) is 0 Å². The lowest BCUT2D eigenvalue weighted by molar-refractivity contribution is 0.0832. The van der Waals surface area contributed by atoms with E-state index in [0.717, 1.165) is 18.6 Å². The van der Waals surface area contributed by atoms with E-state index in [-0.39, 0.29) is 5.60 Å². The third kappa shape index (κ3) is 4.51. The van der Waals surface area contributed by atoms with Gasteiger partial charge in [0.05, 0.1) is 0 Å². The average Bonchev–Trinajstić information content (AvgIpc) is 2.53. The number of hydrogen-bond donors (Lipinski definition) is 3. The smallest absolute Gasteiger partial charge is 0.198 e. The number of benzene rings is 1. The fourth-order valence-electron chi connectivity index (χ4n) is 2.65. The van der Waals surface area contributed by atoms with E-state index in [9.17, 15) is 0 Å². The zero-order chi connectivity index (χ0) is 17.8. The summed E-state index contributed by atoms with van der Waals surface area (Å²) in [5.41, 5.74) is 10.7. The van der Waals surface area contributed by atoms with Gasteiger partial charge in [-0.25, -0.2) is 0 Å². The quantitative estimate of drug-likeness (QED) is 0.327. The van der Waals surface area contributed by atoms with Gasteiger partial charge in [0.1, 0.15) is 11.4 Å². The average molecular weight is 356 g/mol. The number of nitrogens with zero attached hydrogens (tertiary/aromatic N) is 1. The molecule has 6 heteroatoms. The summed E-state index contributed by atoms with van der Waals surface area (Å²) < 4.78 is 9.32. The van der Waals surface area contributed by atoms with Crippen LogP contribution in [0.3, 0.4) is 0 Å². The number of hydrogen-bond acceptors (Lipinski definition) is 4. The second-order valence-corrected chi connectivity index (χ2v) is 7.00. The second-order valence-electron chi connectivity index (χ2n) is 6.19. The summed E-state index contributed by atoms with van der Waals surface area (Å²) in [6, 6.07) is 0. The molecule has 0 aliphatic carbocycles. The molecule has 0 saturated carbocycles. The number of nitrogens with two attached hydrogens (primary N) is 1. The number of fused-ring (bicyclic) bond motifs is 1. The minimum atomic E-state index is -0.0805. The van der Waals surface area contributed by atoms with E-state index < -0.39 is 0 Å². The molecule has 23 heavy (non-hydrogen) atoms. The Morgan fingerprint density at radius 3 is 2.39 bits per heavy atom. The molecule has 1 aromatic rings. The van der Waals surface area contributed by atoms with Gasteiger partial charge in [-0.05, 0) is 87.9 Å². The Morgan fingerprint density at radius 2 is 1.83 bits per heavy atom. The van der Waals surface area contributed by atoms with Gasteiger partial charge in [-0.3, -0.25) is 9.71 Å². The van der Waals surface area contributed by atoms with Crippen LogP contribution in [0.15, 0.2) is 9.89 Å². The monoisotopic (exact) mass is 355 g/mol. The van der Waals surface area contributed by atoms with Gasteiger partial charge in [-0.15, -0.1) is 0 Å². The molecule has 0 radical (unpaired) electrons. The van der Waals surface area contributed by atoms with Crippen molar-refractivity contribution in [2.45, 2.75) is 58.0 Å². The fraction of sp³-hybridized carbons (Fsp3) is 0.588. The van der Waals surface area contributed by atoms with Crippen LogP contribution >= 0.6 is 24.6 Å². The van der Waals surface area contributed by atoms with Gasteiger partial charge >= 0.3 is 0 Å². The van der Waals surface area contributed by atoms with Gasteiger partial charge in [0.15, 0.2) is 5.96 Å². The first kappa shape index (κ1) is 20.0. The van der Waals surface area contributed by atoms with Crippen molar-refractivity contribution < 1.29 is 4.74 Å².